The summed E-state index contributed by atoms with van der Waals surface area (Å²) in [5, 5.41) is 2.28. The molecule has 8 aromatic carbocycles. The molecule has 0 amide bonds. The highest BCUT2D eigenvalue weighted by Gasteiger charge is 2.17. The maximum Gasteiger partial charge on any atom is 0.143 e. The van der Waals surface area contributed by atoms with Crippen LogP contribution >= 0.6 is 0 Å². The summed E-state index contributed by atoms with van der Waals surface area (Å²) in [4.78, 5) is 0. The van der Waals surface area contributed by atoms with Gasteiger partial charge in [0.25, 0.3) is 0 Å². The average Bonchev–Trinajstić information content (AvgIpc) is 3.66. The molecule has 210 valence electrons. The van der Waals surface area contributed by atoms with Crippen LogP contribution in [0.15, 0.2) is 174 Å². The molecule has 1 heteroatoms. The van der Waals surface area contributed by atoms with Crippen molar-refractivity contribution in [3.8, 4) is 44.5 Å². The molecule has 0 radical (unpaired) electrons. The van der Waals surface area contributed by atoms with Crippen molar-refractivity contribution in [1.29, 1.82) is 0 Å². The summed E-state index contributed by atoms with van der Waals surface area (Å²) >= 11 is 0. The van der Waals surface area contributed by atoms with E-state index >= 15 is 0 Å². The molecule has 0 aliphatic carbocycles. The first-order valence-electron chi connectivity index (χ1n) is 21.7. The Labute approximate surface area is 282 Å². The Hall–Kier alpha value is -5.92. The molecule has 0 bridgehead atoms. The average molecular weight is 588 g/mol. The molecule has 0 unspecified atom stereocenters. The first kappa shape index (κ1) is 14.7. The Morgan fingerprint density at radius 2 is 0.956 bits per heavy atom. The van der Waals surface area contributed by atoms with Crippen molar-refractivity contribution in [3.05, 3.63) is 169 Å². The predicted octanol–water partition coefficient (Wildman–Crippen LogP) is 12.6. The third kappa shape index (κ3) is 4.17. The minimum Gasteiger partial charge on any atom is -0.455 e. The summed E-state index contributed by atoms with van der Waals surface area (Å²) in [7, 11) is 0. The Kier molecular flexibility index (Phi) is 3.39. The van der Waals surface area contributed by atoms with Gasteiger partial charge in [-0.2, -0.15) is 0 Å². The van der Waals surface area contributed by atoms with Gasteiger partial charge in [-0.05, 0) is 78.6 Å². The van der Waals surface area contributed by atoms with E-state index in [9.17, 15) is 6.85 Å². The van der Waals surface area contributed by atoms with Crippen LogP contribution in [-0.2, 0) is 0 Å². The van der Waals surface area contributed by atoms with Crippen molar-refractivity contribution in [3.63, 3.8) is 0 Å². The fourth-order valence-electron chi connectivity index (χ4n) is 6.00. The normalized spacial score (nSPS) is 16.2. The van der Waals surface area contributed by atoms with Crippen molar-refractivity contribution in [2.45, 2.75) is 0 Å². The molecule has 1 aromatic heterocycles. The van der Waals surface area contributed by atoms with Gasteiger partial charge in [0.1, 0.15) is 11.2 Å². The van der Waals surface area contributed by atoms with Crippen molar-refractivity contribution in [2.24, 2.45) is 0 Å². The first-order valence-corrected chi connectivity index (χ1v) is 14.2. The molecule has 0 aliphatic heterocycles. The molecule has 1 nitrogen and oxygen atoms in total. The summed E-state index contributed by atoms with van der Waals surface area (Å²) in [5.41, 5.74) is -0.430. The summed E-state index contributed by atoms with van der Waals surface area (Å²) in [6.07, 6.45) is 0. The molecule has 1 heterocycles. The van der Waals surface area contributed by atoms with Crippen LogP contribution < -0.4 is 0 Å². The maximum atomic E-state index is 9.73. The molecular formula is C44H28O. The second kappa shape index (κ2) is 10.4. The monoisotopic (exact) mass is 587 g/mol. The first-order chi connectivity index (χ1) is 28.6. The van der Waals surface area contributed by atoms with E-state index in [1.54, 1.807) is 0 Å². The molecule has 9 aromatic rings. The Morgan fingerprint density at radius 3 is 1.67 bits per heavy atom. The van der Waals surface area contributed by atoms with Crippen molar-refractivity contribution >= 4 is 43.5 Å². The number of hydrogen-bond acceptors (Lipinski definition) is 1. The molecule has 0 atom stereocenters. The fraction of sp³-hybridized carbons (Fsp3) is 0. The highest BCUT2D eigenvalue weighted by Crippen LogP contribution is 2.44. The molecule has 0 N–H and O–H groups in total. The van der Waals surface area contributed by atoms with Crippen molar-refractivity contribution in [1.82, 2.24) is 0 Å². The standard InChI is InChI=1S/C44H28O/c1-3-13-29(14-4-1)34-23-12-24-40-35-26-25-32(28-41(35)45-44(34)40)31-17-11-18-33(27-31)43-38-21-9-7-19-36(38)42(30-15-5-2-6-16-30)37-20-8-10-22-39(37)43/h1-28H/i1D,3D,4D,11D,12D,13D,14D,17D,18D,23D,24D,25D,26D,27D,28D. The summed E-state index contributed by atoms with van der Waals surface area (Å²) in [6.45, 7) is 0. The summed E-state index contributed by atoms with van der Waals surface area (Å²) in [6, 6.07) is 15.0. The molecule has 0 aliphatic rings. The lowest BCUT2D eigenvalue weighted by Gasteiger charge is -2.18. The third-order valence-electron chi connectivity index (χ3n) is 7.93. The molecule has 9 rings (SSSR count). The second-order valence-corrected chi connectivity index (χ2v) is 10.5. The molecular weight excluding hydrogens is 544 g/mol. The van der Waals surface area contributed by atoms with E-state index in [1.807, 2.05) is 78.9 Å². The lowest BCUT2D eigenvalue weighted by molar-refractivity contribution is 0.670. The maximum absolute atomic E-state index is 9.73. The van der Waals surface area contributed by atoms with Crippen LogP contribution in [0.25, 0.3) is 88.0 Å². The smallest absolute Gasteiger partial charge is 0.143 e. The summed E-state index contributed by atoms with van der Waals surface area (Å²) < 4.78 is 139. The molecule has 0 spiro atoms. The van der Waals surface area contributed by atoms with Crippen LogP contribution in [0.2, 0.25) is 0 Å². The van der Waals surface area contributed by atoms with E-state index in [0.717, 1.165) is 21.9 Å². The largest absolute Gasteiger partial charge is 0.455 e. The van der Waals surface area contributed by atoms with Crippen LogP contribution in [0, 0.1) is 0 Å². The predicted molar refractivity (Wildman–Crippen MR) is 190 cm³/mol. The van der Waals surface area contributed by atoms with Gasteiger partial charge in [-0.15, -0.1) is 0 Å². The number of benzene rings is 8. The van der Waals surface area contributed by atoms with Crippen molar-refractivity contribution in [2.75, 3.05) is 0 Å². The molecule has 0 fully saturated rings. The van der Waals surface area contributed by atoms with Gasteiger partial charge in [0.2, 0.25) is 0 Å². The van der Waals surface area contributed by atoms with E-state index in [4.69, 9.17) is 18.1 Å². The number of furan rings is 1. The highest BCUT2D eigenvalue weighted by molar-refractivity contribution is 6.21. The number of fused-ring (bicyclic) bond motifs is 5. The topological polar surface area (TPSA) is 13.1 Å². The molecule has 0 saturated heterocycles. The van der Waals surface area contributed by atoms with Crippen LogP contribution in [0.5, 0.6) is 0 Å². The zero-order valence-electron chi connectivity index (χ0n) is 38.4. The van der Waals surface area contributed by atoms with Gasteiger partial charge in [0, 0.05) is 16.3 Å². The van der Waals surface area contributed by atoms with E-state index < -0.39 is 124 Å². The van der Waals surface area contributed by atoms with E-state index in [0.29, 0.717) is 16.3 Å². The zero-order chi connectivity index (χ0) is 42.8. The minimum atomic E-state index is -0.727. The van der Waals surface area contributed by atoms with Crippen LogP contribution in [-0.4, -0.2) is 0 Å². The molecule has 45 heavy (non-hydrogen) atoms. The number of hydrogen-bond donors (Lipinski definition) is 0. The fourth-order valence-corrected chi connectivity index (χ4v) is 6.00. The van der Waals surface area contributed by atoms with Gasteiger partial charge in [0.05, 0.1) is 20.6 Å². The SMILES string of the molecule is [2H]c1c([2H])c([2H])c(-c2c([2H])c([2H])c([2H])c3c2oc2c([2H])c(-c4c([2H])c([2H])c([2H])c(-c5c6ccccc6c(-c6ccccc6)c6ccccc56)c4[2H])c([2H])c([2H])c23)c([2H])c1[2H]. The van der Waals surface area contributed by atoms with Crippen LogP contribution in [0.1, 0.15) is 20.6 Å². The van der Waals surface area contributed by atoms with Crippen LogP contribution in [0.4, 0.5) is 0 Å². The highest BCUT2D eigenvalue weighted by atomic mass is 16.3. The number of rotatable bonds is 4. The Balaban J connectivity index is 1.40. The van der Waals surface area contributed by atoms with Gasteiger partial charge < -0.3 is 4.42 Å². The zero-order valence-corrected chi connectivity index (χ0v) is 23.4. The van der Waals surface area contributed by atoms with Gasteiger partial charge in [-0.1, -0.05) is 151 Å². The lowest BCUT2D eigenvalue weighted by atomic mass is 9.85. The van der Waals surface area contributed by atoms with Gasteiger partial charge in [-0.3, -0.25) is 0 Å². The van der Waals surface area contributed by atoms with E-state index in [1.165, 1.54) is 0 Å². The van der Waals surface area contributed by atoms with Crippen LogP contribution in [0.3, 0.4) is 0 Å². The van der Waals surface area contributed by atoms with Gasteiger partial charge in [-0.25, -0.2) is 0 Å². The Morgan fingerprint density at radius 1 is 0.378 bits per heavy atom. The molecule has 0 saturated carbocycles. The minimum absolute atomic E-state index is 0.0392. The number of para-hydroxylation sites is 1. The van der Waals surface area contributed by atoms with Gasteiger partial charge in [0.15, 0.2) is 0 Å². The second-order valence-electron chi connectivity index (χ2n) is 10.5. The van der Waals surface area contributed by atoms with E-state index in [-0.39, 0.29) is 16.3 Å². The quantitative estimate of drug-likeness (QED) is 0.187. The van der Waals surface area contributed by atoms with Crippen molar-refractivity contribution < 1.29 is 25.0 Å². The van der Waals surface area contributed by atoms with E-state index in [2.05, 4.69) is 0 Å². The summed E-state index contributed by atoms with van der Waals surface area (Å²) in [5.74, 6) is 0. The lowest BCUT2D eigenvalue weighted by Crippen LogP contribution is -1.91. The third-order valence-corrected chi connectivity index (χ3v) is 7.93. The Bertz CT molecular complexity index is 3290. The van der Waals surface area contributed by atoms with Gasteiger partial charge >= 0.3 is 0 Å².